The van der Waals surface area contributed by atoms with Crippen molar-refractivity contribution in [3.8, 4) is 0 Å². The molecule has 1 saturated heterocycles. The van der Waals surface area contributed by atoms with Gasteiger partial charge in [-0.2, -0.15) is 0 Å². The van der Waals surface area contributed by atoms with Gasteiger partial charge in [0.05, 0.1) is 6.54 Å². The lowest BCUT2D eigenvalue weighted by Gasteiger charge is -2.18. The van der Waals surface area contributed by atoms with Crippen LogP contribution in [0.5, 0.6) is 0 Å². The van der Waals surface area contributed by atoms with Crippen LogP contribution in [0.25, 0.3) is 0 Å². The summed E-state index contributed by atoms with van der Waals surface area (Å²) in [7, 11) is 0. The third-order valence-corrected chi connectivity index (χ3v) is 5.26. The SMILES string of the molecule is CCNC(=NCc1cc(C)oc1C)NCC1CC(=O)N(CCc2ccccc2)C1.I. The summed E-state index contributed by atoms with van der Waals surface area (Å²) in [5, 5.41) is 6.69. The third-order valence-electron chi connectivity index (χ3n) is 5.26. The van der Waals surface area contributed by atoms with Crippen LogP contribution in [-0.4, -0.2) is 42.9 Å². The maximum atomic E-state index is 12.4. The Morgan fingerprint density at radius 1 is 1.23 bits per heavy atom. The monoisotopic (exact) mass is 524 g/mol. The molecule has 1 aromatic heterocycles. The molecule has 0 bridgehead atoms. The molecule has 0 saturated carbocycles. The number of hydrogen-bond donors (Lipinski definition) is 2. The predicted octanol–water partition coefficient (Wildman–Crippen LogP) is 3.66. The maximum absolute atomic E-state index is 12.4. The smallest absolute Gasteiger partial charge is 0.223 e. The number of amides is 1. The molecule has 1 fully saturated rings. The van der Waals surface area contributed by atoms with Crippen LogP contribution in [0, 0.1) is 19.8 Å². The van der Waals surface area contributed by atoms with Crippen LogP contribution in [0.3, 0.4) is 0 Å². The van der Waals surface area contributed by atoms with Gasteiger partial charge >= 0.3 is 0 Å². The van der Waals surface area contributed by atoms with Crippen LogP contribution >= 0.6 is 24.0 Å². The Morgan fingerprint density at radius 2 is 2.00 bits per heavy atom. The summed E-state index contributed by atoms with van der Waals surface area (Å²) in [6.45, 7) is 9.66. The first kappa shape index (κ1) is 24.2. The summed E-state index contributed by atoms with van der Waals surface area (Å²) in [4.78, 5) is 19.0. The molecule has 1 aliphatic heterocycles. The second kappa shape index (κ2) is 12.0. The Bertz CT molecular complexity index is 835. The standard InChI is InChI=1S/C23H32N4O2.HI/c1-4-24-23(26-15-21-12-17(2)29-18(21)3)25-14-20-13-22(28)27(16-20)11-10-19-8-6-5-7-9-19;/h5-9,12,20H,4,10-11,13-16H2,1-3H3,(H2,24,25,26);1H. The van der Waals surface area contributed by atoms with Crippen molar-refractivity contribution in [2.45, 2.75) is 40.2 Å². The number of nitrogens with one attached hydrogen (secondary N) is 2. The molecule has 1 amide bonds. The molecule has 7 heteroatoms. The number of furan rings is 1. The maximum Gasteiger partial charge on any atom is 0.223 e. The van der Waals surface area contributed by atoms with Crippen molar-refractivity contribution in [2.24, 2.45) is 10.9 Å². The first-order valence-corrected chi connectivity index (χ1v) is 10.4. The minimum absolute atomic E-state index is 0. The van der Waals surface area contributed by atoms with Gasteiger partial charge in [0.15, 0.2) is 5.96 Å². The minimum atomic E-state index is 0. The van der Waals surface area contributed by atoms with E-state index in [9.17, 15) is 4.79 Å². The Labute approximate surface area is 196 Å². The van der Waals surface area contributed by atoms with E-state index in [4.69, 9.17) is 4.42 Å². The lowest BCUT2D eigenvalue weighted by Crippen LogP contribution is -2.40. The van der Waals surface area contributed by atoms with Crippen LogP contribution in [0.1, 0.15) is 36.0 Å². The van der Waals surface area contributed by atoms with Crippen LogP contribution in [0.15, 0.2) is 45.8 Å². The molecule has 2 aromatic rings. The molecule has 2 heterocycles. The number of aliphatic imine (C=N–C) groups is 1. The molecule has 30 heavy (non-hydrogen) atoms. The zero-order valence-corrected chi connectivity index (χ0v) is 20.4. The van der Waals surface area contributed by atoms with Gasteiger partial charge in [0.25, 0.3) is 0 Å². The van der Waals surface area contributed by atoms with E-state index in [1.54, 1.807) is 0 Å². The second-order valence-corrected chi connectivity index (χ2v) is 7.66. The molecule has 6 nitrogen and oxygen atoms in total. The van der Waals surface area contributed by atoms with Gasteiger partial charge in [0, 0.05) is 44.1 Å². The quantitative estimate of drug-likeness (QED) is 0.314. The Kier molecular flexibility index (Phi) is 9.68. The fourth-order valence-corrected chi connectivity index (χ4v) is 3.70. The highest BCUT2D eigenvalue weighted by Gasteiger charge is 2.29. The van der Waals surface area contributed by atoms with Gasteiger partial charge in [-0.25, -0.2) is 4.99 Å². The number of aryl methyl sites for hydroxylation is 2. The molecule has 1 atom stereocenters. The molecule has 1 aromatic carbocycles. The molecule has 0 aliphatic carbocycles. The number of guanidine groups is 1. The Hall–Kier alpha value is -2.03. The number of rotatable bonds is 8. The topological polar surface area (TPSA) is 69.9 Å². The first-order chi connectivity index (χ1) is 14.0. The second-order valence-electron chi connectivity index (χ2n) is 7.66. The lowest BCUT2D eigenvalue weighted by molar-refractivity contribution is -0.127. The first-order valence-electron chi connectivity index (χ1n) is 10.4. The van der Waals surface area contributed by atoms with E-state index >= 15 is 0 Å². The van der Waals surface area contributed by atoms with Crippen molar-refractivity contribution in [2.75, 3.05) is 26.2 Å². The van der Waals surface area contributed by atoms with Crippen molar-refractivity contribution in [1.29, 1.82) is 0 Å². The van der Waals surface area contributed by atoms with Crippen LogP contribution in [-0.2, 0) is 17.8 Å². The van der Waals surface area contributed by atoms with Gasteiger partial charge in [0.2, 0.25) is 5.91 Å². The highest BCUT2D eigenvalue weighted by atomic mass is 127. The number of nitrogens with zero attached hydrogens (tertiary/aromatic N) is 2. The van der Waals surface area contributed by atoms with E-state index in [-0.39, 0.29) is 29.9 Å². The predicted molar refractivity (Wildman–Crippen MR) is 131 cm³/mol. The average molecular weight is 524 g/mol. The number of halogens is 1. The zero-order chi connectivity index (χ0) is 20.6. The van der Waals surface area contributed by atoms with Gasteiger partial charge in [-0.1, -0.05) is 30.3 Å². The van der Waals surface area contributed by atoms with Crippen molar-refractivity contribution < 1.29 is 9.21 Å². The Morgan fingerprint density at radius 3 is 2.67 bits per heavy atom. The van der Waals surface area contributed by atoms with E-state index in [1.165, 1.54) is 5.56 Å². The van der Waals surface area contributed by atoms with E-state index in [1.807, 2.05) is 43.0 Å². The van der Waals surface area contributed by atoms with Gasteiger partial charge in [-0.05, 0) is 38.8 Å². The molecule has 0 spiro atoms. The normalized spacial score (nSPS) is 16.5. The van der Waals surface area contributed by atoms with Crippen LogP contribution < -0.4 is 10.6 Å². The molecule has 2 N–H and O–H groups in total. The molecule has 3 rings (SSSR count). The Balaban J connectivity index is 0.00000320. The highest BCUT2D eigenvalue weighted by Crippen LogP contribution is 2.18. The number of hydrogen-bond acceptors (Lipinski definition) is 3. The van der Waals surface area contributed by atoms with Gasteiger partial charge < -0.3 is 20.0 Å². The highest BCUT2D eigenvalue weighted by molar-refractivity contribution is 14.0. The molecule has 1 aliphatic rings. The minimum Gasteiger partial charge on any atom is -0.466 e. The number of carbonyl (C=O) groups is 1. The van der Waals surface area contributed by atoms with Crippen molar-refractivity contribution >= 4 is 35.8 Å². The van der Waals surface area contributed by atoms with Gasteiger partial charge in [0.1, 0.15) is 11.5 Å². The third kappa shape index (κ3) is 7.04. The fourth-order valence-electron chi connectivity index (χ4n) is 3.70. The number of carbonyl (C=O) groups excluding carboxylic acids is 1. The largest absolute Gasteiger partial charge is 0.466 e. The summed E-state index contributed by atoms with van der Waals surface area (Å²) in [5.74, 6) is 3.16. The molecular weight excluding hydrogens is 491 g/mol. The van der Waals surface area contributed by atoms with Gasteiger partial charge in [-0.3, -0.25) is 4.79 Å². The zero-order valence-electron chi connectivity index (χ0n) is 18.1. The van der Waals surface area contributed by atoms with E-state index < -0.39 is 0 Å². The molecular formula is C23H33IN4O2. The van der Waals surface area contributed by atoms with Crippen LogP contribution in [0.4, 0.5) is 0 Å². The number of likely N-dealkylation sites (tertiary alicyclic amines) is 1. The summed E-state index contributed by atoms with van der Waals surface area (Å²) in [5.41, 5.74) is 2.37. The van der Waals surface area contributed by atoms with Crippen LogP contribution in [0.2, 0.25) is 0 Å². The van der Waals surface area contributed by atoms with E-state index in [0.29, 0.717) is 18.9 Å². The van der Waals surface area contributed by atoms with Crippen molar-refractivity contribution in [3.05, 3.63) is 59.0 Å². The van der Waals surface area contributed by atoms with Crippen molar-refractivity contribution in [3.63, 3.8) is 0 Å². The average Bonchev–Trinajstić information content (AvgIpc) is 3.23. The summed E-state index contributed by atoms with van der Waals surface area (Å²) in [6.07, 6.45) is 1.50. The molecule has 164 valence electrons. The molecule has 1 unspecified atom stereocenters. The van der Waals surface area contributed by atoms with E-state index in [0.717, 1.165) is 55.6 Å². The lowest BCUT2D eigenvalue weighted by atomic mass is 10.1. The molecule has 0 radical (unpaired) electrons. The van der Waals surface area contributed by atoms with Gasteiger partial charge in [-0.15, -0.1) is 24.0 Å². The fraction of sp³-hybridized carbons (Fsp3) is 0.478. The number of benzene rings is 1. The summed E-state index contributed by atoms with van der Waals surface area (Å²) >= 11 is 0. The summed E-state index contributed by atoms with van der Waals surface area (Å²) in [6, 6.07) is 12.4. The summed E-state index contributed by atoms with van der Waals surface area (Å²) < 4.78 is 5.57. The van der Waals surface area contributed by atoms with E-state index in [2.05, 4.69) is 34.7 Å². The van der Waals surface area contributed by atoms with Crippen molar-refractivity contribution in [1.82, 2.24) is 15.5 Å².